The van der Waals surface area contributed by atoms with Crippen LogP contribution in [-0.4, -0.2) is 49.1 Å². The number of ether oxygens (including phenoxy) is 2. The third kappa shape index (κ3) is 12.6. The normalized spacial score (nSPS) is 10.5. The Morgan fingerprint density at radius 3 is 1.83 bits per heavy atom. The van der Waals surface area contributed by atoms with E-state index in [9.17, 15) is 24.0 Å². The number of nitrogens with zero attached hydrogens (tertiary/aromatic N) is 2. The highest BCUT2D eigenvalue weighted by molar-refractivity contribution is 5.87. The van der Waals surface area contributed by atoms with Crippen LogP contribution in [0, 0.1) is 13.8 Å². The van der Waals surface area contributed by atoms with Gasteiger partial charge in [-0.3, -0.25) is 15.5 Å². The van der Waals surface area contributed by atoms with Crippen LogP contribution in [0.1, 0.15) is 57.1 Å². The van der Waals surface area contributed by atoms with Gasteiger partial charge in [0.1, 0.15) is 5.60 Å². The molecule has 0 heterocycles. The average molecular weight is 583 g/mol. The smallest absolute Gasteiger partial charge is 0.411 e. The minimum Gasteiger partial charge on any atom is -0.449 e. The van der Waals surface area contributed by atoms with Crippen LogP contribution >= 0.6 is 0 Å². The number of aliphatic imine (C=N–C) groups is 2. The first-order chi connectivity index (χ1) is 20.0. The van der Waals surface area contributed by atoms with Crippen molar-refractivity contribution >= 4 is 53.1 Å². The monoisotopic (exact) mass is 582 g/mol. The topological polar surface area (TPSA) is 171 Å². The number of carbonyl (C=O) groups excluding carboxylic acids is 5. The Morgan fingerprint density at radius 2 is 1.31 bits per heavy atom. The standard InChI is InChI=1S/C29H34N4O9/c1-20-9-11-22(30-18-34)16-24(20)32-27(37)39-14-7-5-6-8-26(36)41-42-29(3,4)13-15-40-28(38)33-25-17-23(31-19-35)12-10-21(25)2/h9-12,16-17H,5-8,13-15H2,1-4H3,(H,32,37)(H,33,38). The van der Waals surface area contributed by atoms with Gasteiger partial charge < -0.3 is 9.47 Å². The molecule has 13 nitrogen and oxygen atoms in total. The molecule has 0 unspecified atom stereocenters. The van der Waals surface area contributed by atoms with E-state index >= 15 is 0 Å². The van der Waals surface area contributed by atoms with Crippen molar-refractivity contribution in [3.8, 4) is 0 Å². The van der Waals surface area contributed by atoms with Gasteiger partial charge in [-0.2, -0.15) is 14.9 Å². The van der Waals surface area contributed by atoms with Gasteiger partial charge in [0.2, 0.25) is 12.2 Å². The summed E-state index contributed by atoms with van der Waals surface area (Å²) in [5.41, 5.74) is 2.25. The fourth-order valence-corrected chi connectivity index (χ4v) is 3.37. The van der Waals surface area contributed by atoms with Gasteiger partial charge >= 0.3 is 18.2 Å². The van der Waals surface area contributed by atoms with Crippen LogP contribution in [0.3, 0.4) is 0 Å². The quantitative estimate of drug-likeness (QED) is 0.0810. The third-order valence-corrected chi connectivity index (χ3v) is 5.82. The fraction of sp³-hybridized carbons (Fsp3) is 0.414. The van der Waals surface area contributed by atoms with E-state index in [4.69, 9.17) is 19.2 Å². The number of amides is 2. The Bertz CT molecular complexity index is 1350. The maximum atomic E-state index is 12.1. The Labute approximate surface area is 243 Å². The lowest BCUT2D eigenvalue weighted by molar-refractivity contribution is -0.327. The largest absolute Gasteiger partial charge is 0.449 e. The molecule has 0 aliphatic rings. The molecule has 42 heavy (non-hydrogen) atoms. The summed E-state index contributed by atoms with van der Waals surface area (Å²) in [4.78, 5) is 74.2. The van der Waals surface area contributed by atoms with Crippen molar-refractivity contribution in [2.24, 2.45) is 9.98 Å². The van der Waals surface area contributed by atoms with Crippen LogP contribution < -0.4 is 10.6 Å². The number of anilines is 2. The second-order valence-electron chi connectivity index (χ2n) is 9.79. The van der Waals surface area contributed by atoms with Crippen LogP contribution in [0.4, 0.5) is 32.3 Å². The third-order valence-electron chi connectivity index (χ3n) is 5.82. The fourth-order valence-electron chi connectivity index (χ4n) is 3.37. The zero-order chi connectivity index (χ0) is 31.0. The molecule has 2 aromatic carbocycles. The van der Waals surface area contributed by atoms with Gasteiger partial charge in [0.05, 0.1) is 24.6 Å². The molecular weight excluding hydrogens is 548 g/mol. The summed E-state index contributed by atoms with van der Waals surface area (Å²) in [7, 11) is 0. The first kappa shape index (κ1) is 33.4. The number of benzene rings is 2. The van der Waals surface area contributed by atoms with Crippen molar-refractivity contribution in [2.75, 3.05) is 23.8 Å². The molecule has 0 aliphatic carbocycles. The first-order valence-corrected chi connectivity index (χ1v) is 13.2. The van der Waals surface area contributed by atoms with E-state index in [-0.39, 0.29) is 26.1 Å². The number of hydrogen-bond donors (Lipinski definition) is 2. The molecule has 0 atom stereocenters. The van der Waals surface area contributed by atoms with E-state index in [1.54, 1.807) is 52.0 Å². The van der Waals surface area contributed by atoms with Crippen molar-refractivity contribution in [3.63, 3.8) is 0 Å². The summed E-state index contributed by atoms with van der Waals surface area (Å²) < 4.78 is 10.3. The molecule has 2 N–H and O–H groups in total. The average Bonchev–Trinajstić information content (AvgIpc) is 2.93. The lowest BCUT2D eigenvalue weighted by Crippen LogP contribution is -2.29. The van der Waals surface area contributed by atoms with E-state index in [0.29, 0.717) is 42.0 Å². The molecule has 2 aromatic rings. The van der Waals surface area contributed by atoms with Crippen LogP contribution in [-0.2, 0) is 33.6 Å². The Balaban J connectivity index is 1.59. The van der Waals surface area contributed by atoms with Crippen LogP contribution in [0.25, 0.3) is 0 Å². The van der Waals surface area contributed by atoms with E-state index < -0.39 is 23.8 Å². The van der Waals surface area contributed by atoms with Crippen molar-refractivity contribution in [2.45, 2.75) is 65.4 Å². The zero-order valence-corrected chi connectivity index (χ0v) is 24.0. The predicted octanol–water partition coefficient (Wildman–Crippen LogP) is 6.24. The van der Waals surface area contributed by atoms with Crippen molar-refractivity contribution < 1.29 is 43.2 Å². The Kier molecular flexibility index (Phi) is 13.6. The molecule has 0 saturated heterocycles. The van der Waals surface area contributed by atoms with Gasteiger partial charge in [-0.15, -0.1) is 0 Å². The minimum absolute atomic E-state index is 0.00707. The van der Waals surface area contributed by atoms with Crippen molar-refractivity contribution in [1.82, 2.24) is 0 Å². The minimum atomic E-state index is -0.914. The van der Waals surface area contributed by atoms with Crippen LogP contribution in [0.2, 0.25) is 0 Å². The molecule has 0 aromatic heterocycles. The summed E-state index contributed by atoms with van der Waals surface area (Å²) in [6, 6.07) is 9.71. The second-order valence-corrected chi connectivity index (χ2v) is 9.79. The van der Waals surface area contributed by atoms with Crippen molar-refractivity contribution in [3.05, 3.63) is 47.5 Å². The number of aryl methyl sites for hydroxylation is 2. The highest BCUT2D eigenvalue weighted by atomic mass is 17.2. The van der Waals surface area contributed by atoms with Gasteiger partial charge in [0.25, 0.3) is 0 Å². The number of carbonyl (C=O) groups is 3. The molecule has 13 heteroatoms. The summed E-state index contributed by atoms with van der Waals surface area (Å²) in [6.45, 7) is 7.08. The Hall–Kier alpha value is -4.83. The molecular formula is C29H34N4O9. The van der Waals surface area contributed by atoms with Gasteiger partial charge in [0.15, 0.2) is 0 Å². The number of nitrogens with one attached hydrogen (secondary N) is 2. The van der Waals surface area contributed by atoms with Crippen LogP contribution in [0.5, 0.6) is 0 Å². The highest BCUT2D eigenvalue weighted by Crippen LogP contribution is 2.23. The van der Waals surface area contributed by atoms with Gasteiger partial charge in [0, 0.05) is 24.2 Å². The number of hydrogen-bond acceptors (Lipinski definition) is 11. The molecule has 0 radical (unpaired) electrons. The van der Waals surface area contributed by atoms with Gasteiger partial charge in [-0.1, -0.05) is 12.1 Å². The van der Waals surface area contributed by atoms with Gasteiger partial charge in [-0.25, -0.2) is 24.0 Å². The molecule has 0 saturated carbocycles. The Morgan fingerprint density at radius 1 is 0.786 bits per heavy atom. The maximum absolute atomic E-state index is 12.1. The maximum Gasteiger partial charge on any atom is 0.411 e. The zero-order valence-electron chi connectivity index (χ0n) is 24.0. The molecule has 0 fully saturated rings. The van der Waals surface area contributed by atoms with Gasteiger partial charge in [-0.05, 0) is 82.3 Å². The molecule has 224 valence electrons. The van der Waals surface area contributed by atoms with E-state index in [2.05, 4.69) is 20.6 Å². The van der Waals surface area contributed by atoms with Crippen LogP contribution in [0.15, 0.2) is 46.4 Å². The molecule has 2 amide bonds. The van der Waals surface area contributed by atoms with Crippen molar-refractivity contribution in [1.29, 1.82) is 0 Å². The molecule has 2 rings (SSSR count). The first-order valence-electron chi connectivity index (χ1n) is 13.2. The summed E-state index contributed by atoms with van der Waals surface area (Å²) in [6.07, 6.45) is 3.55. The van der Waals surface area contributed by atoms with E-state index in [1.165, 1.54) is 24.3 Å². The predicted molar refractivity (Wildman–Crippen MR) is 152 cm³/mol. The number of rotatable bonds is 15. The molecule has 0 bridgehead atoms. The molecule has 0 aliphatic heterocycles. The lowest BCUT2D eigenvalue weighted by Gasteiger charge is -2.22. The SMILES string of the molecule is Cc1ccc(N=C=O)cc1NC(=O)OCCCCCC(=O)OOC(C)(C)CCOC(=O)Nc1cc(N=C=O)ccc1C. The number of unbranched alkanes of at least 4 members (excludes halogenated alkanes) is 2. The summed E-state index contributed by atoms with van der Waals surface area (Å²) in [5, 5.41) is 5.19. The second kappa shape index (κ2) is 17.1. The van der Waals surface area contributed by atoms with E-state index in [0.717, 1.165) is 11.1 Å². The molecule has 0 spiro atoms. The highest BCUT2D eigenvalue weighted by Gasteiger charge is 2.23. The summed E-state index contributed by atoms with van der Waals surface area (Å²) in [5.74, 6) is -0.554. The summed E-state index contributed by atoms with van der Waals surface area (Å²) >= 11 is 0. The van der Waals surface area contributed by atoms with E-state index in [1.807, 2.05) is 0 Å². The number of isocyanates is 2. The lowest BCUT2D eigenvalue weighted by atomic mass is 10.1.